The van der Waals surface area contributed by atoms with Crippen molar-refractivity contribution < 1.29 is 9.84 Å². The number of imidazole rings is 1. The third-order valence-electron chi connectivity index (χ3n) is 7.13. The van der Waals surface area contributed by atoms with Gasteiger partial charge < -0.3 is 36.1 Å². The van der Waals surface area contributed by atoms with E-state index in [1.54, 1.807) is 13.4 Å². The van der Waals surface area contributed by atoms with Crippen LogP contribution in [0.15, 0.2) is 24.5 Å². The van der Waals surface area contributed by atoms with Gasteiger partial charge in [0.15, 0.2) is 11.6 Å². The Balaban J connectivity index is 1.30. The summed E-state index contributed by atoms with van der Waals surface area (Å²) < 4.78 is 5.73. The lowest BCUT2D eigenvalue weighted by Crippen LogP contribution is -2.50. The van der Waals surface area contributed by atoms with Gasteiger partial charge in [-0.15, -0.1) is 0 Å². The van der Waals surface area contributed by atoms with Crippen LogP contribution in [0.25, 0.3) is 11.5 Å². The van der Waals surface area contributed by atoms with Crippen LogP contribution in [0.4, 0.5) is 23.1 Å². The van der Waals surface area contributed by atoms with Crippen molar-refractivity contribution >= 4 is 23.1 Å². The zero-order chi connectivity index (χ0) is 24.9. The fraction of sp³-hybridized carbons (Fsp3) is 0.560. The minimum Gasteiger partial charge on any atom is -0.494 e. The van der Waals surface area contributed by atoms with E-state index in [-0.39, 0.29) is 12.6 Å². The molecule has 0 aromatic heterocycles. The molecule has 36 heavy (non-hydrogen) atoms. The maximum atomic E-state index is 9.22. The number of nitrogens with two attached hydrogens (primary N) is 1. The molecule has 11 heteroatoms. The summed E-state index contributed by atoms with van der Waals surface area (Å²) in [6, 6.07) is 6.40. The van der Waals surface area contributed by atoms with Gasteiger partial charge in [0.25, 0.3) is 0 Å². The van der Waals surface area contributed by atoms with Crippen molar-refractivity contribution in [1.29, 1.82) is 0 Å². The number of benzene rings is 1. The number of piperazine rings is 1. The summed E-state index contributed by atoms with van der Waals surface area (Å²) in [6.45, 7) is 4.34. The minimum absolute atomic E-state index is 0.0155. The van der Waals surface area contributed by atoms with E-state index in [4.69, 9.17) is 15.5 Å². The van der Waals surface area contributed by atoms with Crippen molar-refractivity contribution in [3.05, 3.63) is 24.5 Å². The average molecular weight is 496 g/mol. The summed E-state index contributed by atoms with van der Waals surface area (Å²) in [5, 5.41) is 16.2. The summed E-state index contributed by atoms with van der Waals surface area (Å²) in [5.41, 5.74) is 8.59. The molecule has 1 aliphatic carbocycles. The van der Waals surface area contributed by atoms with E-state index in [1.165, 1.54) is 19.3 Å². The third kappa shape index (κ3) is 5.63. The topological polar surface area (TPSA) is 140 Å². The number of aliphatic hydroxyl groups excluding tert-OH is 1. The molecule has 5 rings (SSSR count). The van der Waals surface area contributed by atoms with E-state index in [0.29, 0.717) is 17.8 Å². The molecule has 194 valence electrons. The number of hydrogen-bond acceptors (Lipinski definition) is 10. The van der Waals surface area contributed by atoms with E-state index >= 15 is 0 Å². The number of ether oxygens (including phenoxy) is 1. The Morgan fingerprint density at radius 2 is 1.97 bits per heavy atom. The first kappa shape index (κ1) is 24.5. The number of hydrogen-bond donors (Lipinski definition) is 5. The molecule has 0 amide bonds. The van der Waals surface area contributed by atoms with Crippen LogP contribution >= 0.6 is 0 Å². The van der Waals surface area contributed by atoms with Crippen molar-refractivity contribution in [3.63, 3.8) is 0 Å². The van der Waals surface area contributed by atoms with E-state index in [0.717, 1.165) is 74.2 Å². The minimum atomic E-state index is -0.190. The lowest BCUT2D eigenvalue weighted by atomic mass is 9.95. The van der Waals surface area contributed by atoms with Gasteiger partial charge in [-0.3, -0.25) is 4.90 Å². The summed E-state index contributed by atoms with van der Waals surface area (Å²) >= 11 is 0. The number of nitrogens with one attached hydrogen (secondary N) is 3. The standard InChI is InChI=1S/C25H37N9O2/c1-36-21-13-19(34-11-9-33(10-12-34)14-17(26)15-35)7-8-20(21)30-25-31-23-22(27-16-28-23)24(32-25)29-18-5-3-2-4-6-18/h7-8,13,16-18,35H,2-6,9-12,14-15,26H2,1H3,(H3,27,28,29,30,31,32). The lowest BCUT2D eigenvalue weighted by molar-refractivity contribution is 0.194. The third-order valence-corrected chi connectivity index (χ3v) is 7.13. The molecule has 1 unspecified atom stereocenters. The first-order valence-electron chi connectivity index (χ1n) is 12.9. The molecule has 1 atom stereocenters. The number of fused-ring (bicyclic) bond motifs is 1. The van der Waals surface area contributed by atoms with E-state index < -0.39 is 0 Å². The fourth-order valence-electron chi connectivity index (χ4n) is 5.12. The van der Waals surface area contributed by atoms with Crippen LogP contribution in [-0.2, 0) is 0 Å². The highest BCUT2D eigenvalue weighted by molar-refractivity contribution is 5.73. The Morgan fingerprint density at radius 1 is 1.17 bits per heavy atom. The molecule has 3 heterocycles. The van der Waals surface area contributed by atoms with Crippen LogP contribution in [0.1, 0.15) is 32.1 Å². The fourth-order valence-corrected chi connectivity index (χ4v) is 5.12. The molecule has 6 N–H and O–H groups in total. The summed E-state index contributed by atoms with van der Waals surface area (Å²) in [4.78, 5) is 21.5. The molecule has 1 saturated heterocycles. The molecule has 4 aliphatic rings. The van der Waals surface area contributed by atoms with Gasteiger partial charge in [-0.25, -0.2) is 9.97 Å². The van der Waals surface area contributed by atoms with Crippen LogP contribution in [0.5, 0.6) is 5.75 Å². The number of anilines is 4. The van der Waals surface area contributed by atoms with Gasteiger partial charge in [-0.2, -0.15) is 4.98 Å². The monoisotopic (exact) mass is 495 g/mol. The molecule has 1 aromatic rings. The number of rotatable bonds is 9. The Bertz CT molecular complexity index is 1090. The molecule has 11 nitrogen and oxygen atoms in total. The highest BCUT2D eigenvalue weighted by Crippen LogP contribution is 2.34. The van der Waals surface area contributed by atoms with Gasteiger partial charge in [-0.1, -0.05) is 19.3 Å². The van der Waals surface area contributed by atoms with Crippen LogP contribution in [0.3, 0.4) is 0 Å². The van der Waals surface area contributed by atoms with Crippen molar-refractivity contribution in [1.82, 2.24) is 24.8 Å². The second-order valence-corrected chi connectivity index (χ2v) is 9.72. The molecular weight excluding hydrogens is 458 g/mol. The van der Waals surface area contributed by atoms with E-state index in [2.05, 4.69) is 47.5 Å². The van der Waals surface area contributed by atoms with Gasteiger partial charge in [-0.05, 0) is 25.0 Å². The van der Waals surface area contributed by atoms with E-state index in [1.807, 2.05) is 6.07 Å². The van der Waals surface area contributed by atoms with Crippen LogP contribution in [0.2, 0.25) is 0 Å². The maximum absolute atomic E-state index is 9.22. The van der Waals surface area contributed by atoms with Gasteiger partial charge in [0.1, 0.15) is 17.8 Å². The van der Waals surface area contributed by atoms with Crippen molar-refractivity contribution in [2.24, 2.45) is 5.73 Å². The zero-order valence-corrected chi connectivity index (χ0v) is 20.9. The Labute approximate surface area is 211 Å². The van der Waals surface area contributed by atoms with Crippen molar-refractivity contribution in [3.8, 4) is 17.3 Å². The quantitative estimate of drug-likeness (QED) is 0.300. The number of aliphatic hydroxyl groups is 1. The highest BCUT2D eigenvalue weighted by atomic mass is 16.5. The largest absolute Gasteiger partial charge is 0.494 e. The number of methoxy groups -OCH3 is 1. The molecule has 0 radical (unpaired) electrons. The second-order valence-electron chi connectivity index (χ2n) is 9.72. The summed E-state index contributed by atoms with van der Waals surface area (Å²) in [5.74, 6) is 2.77. The Morgan fingerprint density at radius 3 is 2.72 bits per heavy atom. The summed E-state index contributed by atoms with van der Waals surface area (Å²) in [7, 11) is 1.68. The molecule has 2 fully saturated rings. The summed E-state index contributed by atoms with van der Waals surface area (Å²) in [6.07, 6.45) is 7.65. The number of aromatic amines is 1. The molecule has 1 aromatic carbocycles. The maximum Gasteiger partial charge on any atom is 0.208 e. The van der Waals surface area contributed by atoms with Crippen molar-refractivity contribution in [2.75, 3.05) is 62.0 Å². The zero-order valence-electron chi connectivity index (χ0n) is 20.9. The average Bonchev–Trinajstić information content (AvgIpc) is 3.39. The van der Waals surface area contributed by atoms with Gasteiger partial charge in [0, 0.05) is 56.6 Å². The highest BCUT2D eigenvalue weighted by Gasteiger charge is 2.22. The predicted octanol–water partition coefficient (Wildman–Crippen LogP) is 2.24. The number of nitrogens with zero attached hydrogens (tertiary/aromatic N) is 5. The van der Waals surface area contributed by atoms with Crippen LogP contribution in [-0.4, -0.2) is 88.5 Å². The van der Waals surface area contributed by atoms with Gasteiger partial charge in [0.2, 0.25) is 5.95 Å². The molecule has 1 saturated carbocycles. The van der Waals surface area contributed by atoms with E-state index in [9.17, 15) is 5.11 Å². The molecular formula is C25H37N9O2. The van der Waals surface area contributed by atoms with Crippen LogP contribution < -0.4 is 26.0 Å². The first-order chi connectivity index (χ1) is 17.6. The van der Waals surface area contributed by atoms with Gasteiger partial charge in [0.05, 0.1) is 19.4 Å². The lowest BCUT2D eigenvalue weighted by Gasteiger charge is -2.37. The van der Waals surface area contributed by atoms with Crippen molar-refractivity contribution in [2.45, 2.75) is 44.2 Å². The second kappa shape index (κ2) is 11.3. The SMILES string of the molecule is COc1cc(N2CCN(CC(N)CO)CC2)ccc1Nc1nc(NC2CCCCC2)c2ncnc-2[nH]1. The smallest absolute Gasteiger partial charge is 0.208 e. The molecule has 0 bridgehead atoms. The molecule has 0 spiro atoms. The number of H-pyrrole nitrogens is 1. The van der Waals surface area contributed by atoms with Gasteiger partial charge >= 0.3 is 0 Å². The van der Waals surface area contributed by atoms with Crippen LogP contribution in [0, 0.1) is 0 Å². The predicted molar refractivity (Wildman–Crippen MR) is 141 cm³/mol. The Hall–Kier alpha value is -3.15. The first-order valence-corrected chi connectivity index (χ1v) is 12.9. The normalized spacial score (nSPS) is 18.4. The number of aromatic nitrogens is 4. The Kier molecular flexibility index (Phi) is 7.69. The molecule has 3 aliphatic heterocycles.